The highest BCUT2D eigenvalue weighted by molar-refractivity contribution is 5.46. The normalized spacial score (nSPS) is 14.6. The van der Waals surface area contributed by atoms with Gasteiger partial charge < -0.3 is 5.73 Å². The summed E-state index contributed by atoms with van der Waals surface area (Å²) in [6.45, 7) is 0.891. The molecule has 110 valence electrons. The van der Waals surface area contributed by atoms with Gasteiger partial charge in [0, 0.05) is 30.4 Å². The second kappa shape index (κ2) is 5.82. The Balaban J connectivity index is 1.81. The van der Waals surface area contributed by atoms with E-state index in [9.17, 15) is 8.78 Å². The molecule has 0 unspecified atom stereocenters. The Morgan fingerprint density at radius 2 is 1.62 bits per heavy atom. The molecule has 0 spiro atoms. The Morgan fingerprint density at radius 1 is 0.952 bits per heavy atom. The minimum absolute atomic E-state index is 0.138. The number of anilines is 1. The van der Waals surface area contributed by atoms with Crippen LogP contribution in [0.25, 0.3) is 0 Å². The van der Waals surface area contributed by atoms with Crippen LogP contribution in [-0.4, -0.2) is 10.9 Å². The van der Waals surface area contributed by atoms with E-state index < -0.39 is 11.6 Å². The first-order valence-corrected chi connectivity index (χ1v) is 7.15. The Hall–Kier alpha value is -1.94. The predicted molar refractivity (Wildman–Crippen MR) is 79.5 cm³/mol. The lowest BCUT2D eigenvalue weighted by Gasteiger charge is -2.23. The Morgan fingerprint density at radius 3 is 2.24 bits per heavy atom. The van der Waals surface area contributed by atoms with Crippen molar-refractivity contribution in [2.75, 3.05) is 5.73 Å². The van der Waals surface area contributed by atoms with Gasteiger partial charge in [-0.15, -0.1) is 0 Å². The third-order valence-electron chi connectivity index (χ3n) is 3.91. The summed E-state index contributed by atoms with van der Waals surface area (Å²) in [5.41, 5.74) is 7.83. The third-order valence-corrected chi connectivity index (χ3v) is 3.91. The molecule has 0 aliphatic heterocycles. The van der Waals surface area contributed by atoms with E-state index in [0.717, 1.165) is 24.1 Å². The van der Waals surface area contributed by atoms with Crippen molar-refractivity contribution in [3.05, 3.63) is 65.2 Å². The number of para-hydroxylation sites is 1. The smallest absolute Gasteiger partial charge is 0.130 e. The van der Waals surface area contributed by atoms with Crippen molar-refractivity contribution in [2.24, 2.45) is 0 Å². The zero-order chi connectivity index (χ0) is 14.8. The zero-order valence-corrected chi connectivity index (χ0v) is 11.7. The molecular formula is C17H18F2N2. The number of halogens is 2. The average molecular weight is 288 g/mol. The maximum atomic E-state index is 13.8. The molecule has 2 aromatic rings. The minimum Gasteiger partial charge on any atom is -0.398 e. The van der Waals surface area contributed by atoms with Gasteiger partial charge in [0.15, 0.2) is 0 Å². The number of hydrogen-bond acceptors (Lipinski definition) is 2. The fraction of sp³-hybridized carbons (Fsp3) is 0.294. The van der Waals surface area contributed by atoms with Crippen LogP contribution >= 0.6 is 0 Å². The summed E-state index contributed by atoms with van der Waals surface area (Å²) >= 11 is 0. The molecule has 0 radical (unpaired) electrons. The predicted octanol–water partition coefficient (Wildman–Crippen LogP) is 3.71. The van der Waals surface area contributed by atoms with Crippen LogP contribution in [0.4, 0.5) is 14.5 Å². The van der Waals surface area contributed by atoms with Crippen molar-refractivity contribution in [2.45, 2.75) is 32.0 Å². The molecule has 2 nitrogen and oxygen atoms in total. The highest BCUT2D eigenvalue weighted by Crippen LogP contribution is 2.31. The number of rotatable bonds is 5. The molecule has 0 atom stereocenters. The van der Waals surface area contributed by atoms with Crippen molar-refractivity contribution >= 4 is 5.69 Å². The molecule has 1 aliphatic rings. The van der Waals surface area contributed by atoms with Gasteiger partial charge in [0.25, 0.3) is 0 Å². The van der Waals surface area contributed by atoms with Crippen LogP contribution in [0.1, 0.15) is 24.0 Å². The van der Waals surface area contributed by atoms with Crippen molar-refractivity contribution in [1.29, 1.82) is 0 Å². The number of hydrogen-bond donors (Lipinski definition) is 1. The van der Waals surface area contributed by atoms with Crippen LogP contribution < -0.4 is 5.73 Å². The molecule has 4 heteroatoms. The van der Waals surface area contributed by atoms with Gasteiger partial charge in [-0.2, -0.15) is 0 Å². The topological polar surface area (TPSA) is 29.3 Å². The highest BCUT2D eigenvalue weighted by atomic mass is 19.1. The number of nitrogens with two attached hydrogens (primary N) is 1. The van der Waals surface area contributed by atoms with E-state index in [-0.39, 0.29) is 12.1 Å². The molecular weight excluding hydrogens is 270 g/mol. The van der Waals surface area contributed by atoms with Crippen LogP contribution in [0.5, 0.6) is 0 Å². The maximum Gasteiger partial charge on any atom is 0.130 e. The number of nitrogens with zero attached hydrogens (tertiary/aromatic N) is 1. The van der Waals surface area contributed by atoms with E-state index >= 15 is 0 Å². The number of nitrogen functional groups attached to an aromatic ring is 1. The van der Waals surface area contributed by atoms with Gasteiger partial charge in [0.1, 0.15) is 11.6 Å². The molecule has 1 saturated carbocycles. The Labute approximate surface area is 123 Å². The van der Waals surface area contributed by atoms with Crippen molar-refractivity contribution in [3.63, 3.8) is 0 Å². The fourth-order valence-corrected chi connectivity index (χ4v) is 2.54. The van der Waals surface area contributed by atoms with E-state index in [2.05, 4.69) is 4.90 Å². The van der Waals surface area contributed by atoms with Crippen LogP contribution in [0.2, 0.25) is 0 Å². The quantitative estimate of drug-likeness (QED) is 0.850. The van der Waals surface area contributed by atoms with Crippen molar-refractivity contribution in [3.8, 4) is 0 Å². The van der Waals surface area contributed by atoms with Gasteiger partial charge in [-0.3, -0.25) is 4.90 Å². The van der Waals surface area contributed by atoms with Gasteiger partial charge in [0.2, 0.25) is 0 Å². The lowest BCUT2D eigenvalue weighted by atomic mass is 10.1. The van der Waals surface area contributed by atoms with Gasteiger partial charge >= 0.3 is 0 Å². The van der Waals surface area contributed by atoms with Crippen LogP contribution in [0.3, 0.4) is 0 Å². The van der Waals surface area contributed by atoms with Crippen molar-refractivity contribution < 1.29 is 8.78 Å². The Kier molecular flexibility index (Phi) is 3.88. The molecule has 0 amide bonds. The van der Waals surface area contributed by atoms with Crippen molar-refractivity contribution in [1.82, 2.24) is 4.90 Å². The standard InChI is InChI=1S/C17H18F2N2/c18-15-5-3-6-16(19)14(15)11-21(13-8-9-13)10-12-4-1-2-7-17(12)20/h1-7,13H,8-11,20H2. The summed E-state index contributed by atoms with van der Waals surface area (Å²) in [6.07, 6.45) is 2.14. The Bertz CT molecular complexity index is 618. The summed E-state index contributed by atoms with van der Waals surface area (Å²) in [7, 11) is 0. The summed E-state index contributed by atoms with van der Waals surface area (Å²) in [4.78, 5) is 2.10. The van der Waals surface area contributed by atoms with Gasteiger partial charge in [-0.25, -0.2) is 8.78 Å². The molecule has 2 N–H and O–H groups in total. The molecule has 0 aromatic heterocycles. The SMILES string of the molecule is Nc1ccccc1CN(Cc1c(F)cccc1F)C1CC1. The van der Waals surface area contributed by atoms with E-state index in [1.807, 2.05) is 24.3 Å². The summed E-state index contributed by atoms with van der Waals surface area (Å²) in [6, 6.07) is 12.0. The first kappa shape index (κ1) is 14.0. The summed E-state index contributed by atoms with van der Waals surface area (Å²) in [5.74, 6) is -0.969. The molecule has 1 fully saturated rings. The van der Waals surface area contributed by atoms with Gasteiger partial charge in [0.05, 0.1) is 0 Å². The molecule has 2 aromatic carbocycles. The average Bonchev–Trinajstić information content (AvgIpc) is 3.28. The molecule has 21 heavy (non-hydrogen) atoms. The summed E-state index contributed by atoms with van der Waals surface area (Å²) < 4.78 is 27.6. The van der Waals surface area contributed by atoms with Crippen LogP contribution in [0, 0.1) is 11.6 Å². The van der Waals surface area contributed by atoms with E-state index in [1.165, 1.54) is 18.2 Å². The van der Waals surface area contributed by atoms with E-state index in [1.54, 1.807) is 0 Å². The molecule has 3 rings (SSSR count). The molecule has 0 heterocycles. The van der Waals surface area contributed by atoms with Gasteiger partial charge in [-0.1, -0.05) is 24.3 Å². The monoisotopic (exact) mass is 288 g/mol. The number of benzene rings is 2. The highest BCUT2D eigenvalue weighted by Gasteiger charge is 2.30. The van der Waals surface area contributed by atoms with Crippen LogP contribution in [0.15, 0.2) is 42.5 Å². The maximum absolute atomic E-state index is 13.8. The second-order valence-corrected chi connectivity index (χ2v) is 5.54. The summed E-state index contributed by atoms with van der Waals surface area (Å²) in [5, 5.41) is 0. The minimum atomic E-state index is -0.485. The first-order chi connectivity index (χ1) is 10.1. The zero-order valence-electron chi connectivity index (χ0n) is 11.7. The third kappa shape index (κ3) is 3.22. The molecule has 1 aliphatic carbocycles. The van der Waals surface area contributed by atoms with E-state index in [4.69, 9.17) is 5.73 Å². The van der Waals surface area contributed by atoms with E-state index in [0.29, 0.717) is 12.6 Å². The first-order valence-electron chi connectivity index (χ1n) is 7.15. The molecule has 0 saturated heterocycles. The molecule has 0 bridgehead atoms. The lowest BCUT2D eigenvalue weighted by molar-refractivity contribution is 0.239. The fourth-order valence-electron chi connectivity index (χ4n) is 2.54. The second-order valence-electron chi connectivity index (χ2n) is 5.54. The van der Waals surface area contributed by atoms with Crippen LogP contribution in [-0.2, 0) is 13.1 Å². The largest absolute Gasteiger partial charge is 0.398 e. The lowest BCUT2D eigenvalue weighted by Crippen LogP contribution is -2.26. The van der Waals surface area contributed by atoms with Gasteiger partial charge in [-0.05, 0) is 36.6 Å².